The maximum atomic E-state index is 12.0. The van der Waals surface area contributed by atoms with Gasteiger partial charge >= 0.3 is 0 Å². The van der Waals surface area contributed by atoms with Crippen LogP contribution in [0.4, 0.5) is 5.69 Å². The highest BCUT2D eigenvalue weighted by atomic mass is 16.5. The van der Waals surface area contributed by atoms with Crippen LogP contribution in [0.1, 0.15) is 16.1 Å². The minimum absolute atomic E-state index is 0.269. The number of pyridine rings is 1. The molecule has 23 heavy (non-hydrogen) atoms. The molecule has 7 nitrogen and oxygen atoms in total. The number of nitrogens with zero attached hydrogens (tertiary/aromatic N) is 4. The van der Waals surface area contributed by atoms with Crippen molar-refractivity contribution in [1.82, 2.24) is 20.0 Å². The Kier molecular flexibility index (Phi) is 4.28. The molecule has 116 valence electrons. The fourth-order valence-corrected chi connectivity index (χ4v) is 1.93. The minimum atomic E-state index is -0.302. The van der Waals surface area contributed by atoms with Crippen LogP contribution in [0.5, 0.6) is 5.75 Å². The average molecular weight is 309 g/mol. The molecule has 3 aromatic rings. The van der Waals surface area contributed by atoms with E-state index in [1.807, 2.05) is 12.1 Å². The molecular weight excluding hydrogens is 294 g/mol. The van der Waals surface area contributed by atoms with Crippen molar-refractivity contribution in [3.05, 3.63) is 66.2 Å². The van der Waals surface area contributed by atoms with Crippen LogP contribution in [0.15, 0.2) is 55.0 Å². The topological polar surface area (TPSA) is 81.9 Å². The highest BCUT2D eigenvalue weighted by molar-refractivity contribution is 6.02. The fraction of sp³-hybridized carbons (Fsp3) is 0.125. The number of ether oxygens (including phenoxy) is 1. The maximum absolute atomic E-state index is 12.0. The van der Waals surface area contributed by atoms with Gasteiger partial charge in [0.2, 0.25) is 0 Å². The molecule has 1 amide bonds. The standard InChI is InChI=1S/C16H15N5O2/c1-21-10-15(19-20-21)16(22)18-13-2-4-14(5-3-13)23-11-12-6-8-17-9-7-12/h2-10H,11H2,1H3,(H,18,22). The van der Waals surface area contributed by atoms with Crippen molar-refractivity contribution in [3.63, 3.8) is 0 Å². The van der Waals surface area contributed by atoms with Crippen LogP contribution in [0.3, 0.4) is 0 Å². The van der Waals surface area contributed by atoms with Crippen LogP contribution in [0.2, 0.25) is 0 Å². The molecule has 3 rings (SSSR count). The molecule has 0 saturated carbocycles. The summed E-state index contributed by atoms with van der Waals surface area (Å²) >= 11 is 0. The zero-order chi connectivity index (χ0) is 16.1. The highest BCUT2D eigenvalue weighted by Gasteiger charge is 2.09. The van der Waals surface area contributed by atoms with E-state index in [1.165, 1.54) is 4.68 Å². The van der Waals surface area contributed by atoms with Crippen molar-refractivity contribution in [2.75, 3.05) is 5.32 Å². The number of carbonyl (C=O) groups is 1. The van der Waals surface area contributed by atoms with E-state index in [-0.39, 0.29) is 11.6 Å². The van der Waals surface area contributed by atoms with Gasteiger partial charge in [-0.1, -0.05) is 5.21 Å². The molecule has 0 aliphatic heterocycles. The summed E-state index contributed by atoms with van der Waals surface area (Å²) in [5.41, 5.74) is 1.97. The van der Waals surface area contributed by atoms with Crippen LogP contribution in [0, 0.1) is 0 Å². The summed E-state index contributed by atoms with van der Waals surface area (Å²) in [6.45, 7) is 0.466. The Hall–Kier alpha value is -3.22. The molecule has 0 saturated heterocycles. The van der Waals surface area contributed by atoms with Gasteiger partial charge in [-0.3, -0.25) is 14.5 Å². The first-order valence-corrected chi connectivity index (χ1v) is 7.00. The third-order valence-corrected chi connectivity index (χ3v) is 3.10. The van der Waals surface area contributed by atoms with E-state index < -0.39 is 0 Å². The lowest BCUT2D eigenvalue weighted by molar-refractivity contribution is 0.102. The Balaban J connectivity index is 1.57. The Labute approximate surface area is 132 Å². The van der Waals surface area contributed by atoms with Gasteiger partial charge in [0.1, 0.15) is 12.4 Å². The summed E-state index contributed by atoms with van der Waals surface area (Å²) in [6, 6.07) is 10.9. The number of aromatic nitrogens is 4. The molecule has 2 heterocycles. The van der Waals surface area contributed by atoms with Crippen LogP contribution >= 0.6 is 0 Å². The molecule has 0 atom stereocenters. The highest BCUT2D eigenvalue weighted by Crippen LogP contribution is 2.17. The minimum Gasteiger partial charge on any atom is -0.489 e. The van der Waals surface area contributed by atoms with Crippen molar-refractivity contribution >= 4 is 11.6 Å². The smallest absolute Gasteiger partial charge is 0.277 e. The van der Waals surface area contributed by atoms with Gasteiger partial charge in [-0.15, -0.1) is 5.10 Å². The number of amides is 1. The first-order valence-electron chi connectivity index (χ1n) is 7.00. The fourth-order valence-electron chi connectivity index (χ4n) is 1.93. The predicted octanol–water partition coefficient (Wildman–Crippen LogP) is 2.04. The molecule has 7 heteroatoms. The second kappa shape index (κ2) is 6.69. The molecule has 0 spiro atoms. The summed E-state index contributed by atoms with van der Waals surface area (Å²) < 4.78 is 7.15. The molecule has 0 fully saturated rings. The lowest BCUT2D eigenvalue weighted by Crippen LogP contribution is -2.12. The molecule has 0 bridgehead atoms. The van der Waals surface area contributed by atoms with Crippen molar-refractivity contribution in [1.29, 1.82) is 0 Å². The first-order chi connectivity index (χ1) is 11.2. The molecule has 2 aromatic heterocycles. The van der Waals surface area contributed by atoms with Gasteiger partial charge in [0.05, 0.1) is 6.20 Å². The van der Waals surface area contributed by atoms with Crippen LogP contribution in [-0.2, 0) is 13.7 Å². The average Bonchev–Trinajstić information content (AvgIpc) is 3.02. The normalized spacial score (nSPS) is 10.3. The Morgan fingerprint density at radius 3 is 2.57 bits per heavy atom. The van der Waals surface area contributed by atoms with E-state index in [4.69, 9.17) is 4.74 Å². The van der Waals surface area contributed by atoms with E-state index in [0.29, 0.717) is 12.3 Å². The van der Waals surface area contributed by atoms with Crippen molar-refractivity contribution < 1.29 is 9.53 Å². The molecule has 0 aliphatic carbocycles. The first kappa shape index (κ1) is 14.7. The summed E-state index contributed by atoms with van der Waals surface area (Å²) in [4.78, 5) is 15.9. The third kappa shape index (κ3) is 3.91. The van der Waals surface area contributed by atoms with E-state index in [2.05, 4.69) is 20.6 Å². The quantitative estimate of drug-likeness (QED) is 0.780. The number of anilines is 1. The Morgan fingerprint density at radius 2 is 1.91 bits per heavy atom. The van der Waals surface area contributed by atoms with Crippen LogP contribution in [0.25, 0.3) is 0 Å². The number of nitrogens with one attached hydrogen (secondary N) is 1. The zero-order valence-electron chi connectivity index (χ0n) is 12.5. The number of hydrogen-bond donors (Lipinski definition) is 1. The summed E-state index contributed by atoms with van der Waals surface area (Å²) in [6.07, 6.45) is 5.01. The lowest BCUT2D eigenvalue weighted by atomic mass is 10.2. The molecule has 0 radical (unpaired) electrons. The number of aryl methyl sites for hydroxylation is 1. The number of rotatable bonds is 5. The summed E-state index contributed by atoms with van der Waals surface area (Å²) in [5.74, 6) is 0.419. The van der Waals surface area contributed by atoms with Gasteiger partial charge in [0.25, 0.3) is 5.91 Å². The van der Waals surface area contributed by atoms with Crippen LogP contribution < -0.4 is 10.1 Å². The zero-order valence-corrected chi connectivity index (χ0v) is 12.5. The molecular formula is C16H15N5O2. The van der Waals surface area contributed by atoms with E-state index in [1.54, 1.807) is 49.9 Å². The predicted molar refractivity (Wildman–Crippen MR) is 84.0 cm³/mol. The van der Waals surface area contributed by atoms with Gasteiger partial charge < -0.3 is 10.1 Å². The lowest BCUT2D eigenvalue weighted by Gasteiger charge is -2.07. The van der Waals surface area contributed by atoms with Crippen molar-refractivity contribution in [3.8, 4) is 5.75 Å². The largest absolute Gasteiger partial charge is 0.489 e. The SMILES string of the molecule is Cn1cc(C(=O)Nc2ccc(OCc3ccncc3)cc2)nn1. The molecule has 1 aromatic carbocycles. The van der Waals surface area contributed by atoms with Gasteiger partial charge in [-0.25, -0.2) is 0 Å². The Bertz CT molecular complexity index is 784. The number of carbonyl (C=O) groups excluding carboxylic acids is 1. The van der Waals surface area contributed by atoms with Crippen molar-refractivity contribution in [2.45, 2.75) is 6.61 Å². The van der Waals surface area contributed by atoms with Gasteiger partial charge in [0, 0.05) is 25.1 Å². The molecule has 0 unspecified atom stereocenters. The Morgan fingerprint density at radius 1 is 1.17 bits per heavy atom. The second-order valence-electron chi connectivity index (χ2n) is 4.90. The third-order valence-electron chi connectivity index (χ3n) is 3.10. The molecule has 1 N–H and O–H groups in total. The monoisotopic (exact) mass is 309 g/mol. The van der Waals surface area contributed by atoms with Crippen molar-refractivity contribution in [2.24, 2.45) is 7.05 Å². The van der Waals surface area contributed by atoms with E-state index in [9.17, 15) is 4.79 Å². The number of hydrogen-bond acceptors (Lipinski definition) is 5. The summed E-state index contributed by atoms with van der Waals surface area (Å²) in [7, 11) is 1.71. The van der Waals surface area contributed by atoms with Gasteiger partial charge in [0.15, 0.2) is 5.69 Å². The van der Waals surface area contributed by atoms with Gasteiger partial charge in [-0.2, -0.15) is 0 Å². The molecule has 0 aliphatic rings. The van der Waals surface area contributed by atoms with E-state index in [0.717, 1.165) is 11.3 Å². The number of benzene rings is 1. The maximum Gasteiger partial charge on any atom is 0.277 e. The summed E-state index contributed by atoms with van der Waals surface area (Å²) in [5, 5.41) is 10.2. The second-order valence-corrected chi connectivity index (χ2v) is 4.90. The van der Waals surface area contributed by atoms with Crippen LogP contribution in [-0.4, -0.2) is 25.9 Å². The van der Waals surface area contributed by atoms with Gasteiger partial charge in [-0.05, 0) is 42.0 Å². The van der Waals surface area contributed by atoms with E-state index >= 15 is 0 Å².